The summed E-state index contributed by atoms with van der Waals surface area (Å²) in [6.45, 7) is 4.58. The first-order chi connectivity index (χ1) is 20.5. The third-order valence-electron chi connectivity index (χ3n) is 6.29. The fraction of sp³-hybridized carbons (Fsp3) is 0.481. The fourth-order valence-electron chi connectivity index (χ4n) is 4.54. The maximum absolute atomic E-state index is 14.5. The van der Waals surface area contributed by atoms with Gasteiger partial charge in [0.15, 0.2) is 23.5 Å². The molecule has 1 aromatic carbocycles. The van der Waals surface area contributed by atoms with E-state index >= 15 is 0 Å². The van der Waals surface area contributed by atoms with Gasteiger partial charge in [0, 0.05) is 45.5 Å². The first-order valence-electron chi connectivity index (χ1n) is 13.2. The Morgan fingerprint density at radius 2 is 1.72 bits per heavy atom. The minimum Gasteiger partial charge on any atom is -0.467 e. The molecule has 0 bridgehead atoms. The maximum Gasteiger partial charge on any atom is 0.339 e. The van der Waals surface area contributed by atoms with Crippen LogP contribution >= 0.6 is 11.8 Å². The molecule has 0 spiro atoms. The topological polar surface area (TPSA) is 168 Å². The van der Waals surface area contributed by atoms with Crippen LogP contribution < -0.4 is 10.2 Å². The molecule has 0 saturated carbocycles. The van der Waals surface area contributed by atoms with Crippen LogP contribution in [-0.2, 0) is 47.7 Å². The standard InChI is InChI=1S/C27H30FN3O11S/c1-13(32)38-20-21(39-14(2)33)23(40-15(3)34)26(42-22(20)25(36)37-4)41-18-12-17(28)8-7-16(18)11-19-24(35)30-27(43-19)31-10-6-5-9-29-31/h7-8,11-12,20-23,26,29H,5-6,9-10H2,1-4H3. The van der Waals surface area contributed by atoms with E-state index in [1.165, 1.54) is 12.1 Å². The van der Waals surface area contributed by atoms with Crippen molar-refractivity contribution in [1.29, 1.82) is 0 Å². The van der Waals surface area contributed by atoms with Gasteiger partial charge < -0.3 is 28.4 Å². The molecule has 1 aromatic rings. The molecule has 4 rings (SSSR count). The number of ether oxygens (including phenoxy) is 6. The zero-order valence-corrected chi connectivity index (χ0v) is 24.5. The monoisotopic (exact) mass is 623 g/mol. The van der Waals surface area contributed by atoms with E-state index in [0.29, 0.717) is 11.7 Å². The van der Waals surface area contributed by atoms with E-state index < -0.39 is 66.3 Å². The van der Waals surface area contributed by atoms with Crippen molar-refractivity contribution < 1.29 is 56.8 Å². The predicted octanol–water partition coefficient (Wildman–Crippen LogP) is 1.47. The van der Waals surface area contributed by atoms with Crippen molar-refractivity contribution in [3.8, 4) is 5.75 Å². The summed E-state index contributed by atoms with van der Waals surface area (Å²) < 4.78 is 46.9. The molecule has 3 heterocycles. The lowest BCUT2D eigenvalue weighted by molar-refractivity contribution is -0.282. The number of hydrogen-bond acceptors (Lipinski definition) is 14. The lowest BCUT2D eigenvalue weighted by atomic mass is 9.97. The van der Waals surface area contributed by atoms with Gasteiger partial charge in [-0.3, -0.25) is 24.2 Å². The molecular formula is C27H30FN3O11S. The van der Waals surface area contributed by atoms with Crippen molar-refractivity contribution in [1.82, 2.24) is 10.4 Å². The van der Waals surface area contributed by atoms with E-state index in [-0.39, 0.29) is 16.2 Å². The van der Waals surface area contributed by atoms with Gasteiger partial charge >= 0.3 is 23.9 Å². The third kappa shape index (κ3) is 7.88. The number of hydrogen-bond donors (Lipinski definition) is 1. The Labute approximate surface area is 249 Å². The number of hydrazine groups is 1. The molecule has 2 saturated heterocycles. The lowest BCUT2D eigenvalue weighted by Gasteiger charge is -2.43. The molecule has 3 aliphatic rings. The number of nitrogens with one attached hydrogen (secondary N) is 1. The zero-order valence-electron chi connectivity index (χ0n) is 23.7. The first-order valence-corrected chi connectivity index (χ1v) is 14.0. The van der Waals surface area contributed by atoms with Crippen LogP contribution in [-0.4, -0.2) is 90.9 Å². The smallest absolute Gasteiger partial charge is 0.339 e. The van der Waals surface area contributed by atoms with Gasteiger partial charge in [-0.1, -0.05) is 0 Å². The molecule has 5 unspecified atom stereocenters. The number of aliphatic imine (C=N–C) groups is 1. The molecule has 5 atom stereocenters. The Kier molecular flexibility index (Phi) is 10.4. The van der Waals surface area contributed by atoms with Gasteiger partial charge in [0.05, 0.1) is 12.0 Å². The van der Waals surface area contributed by atoms with Crippen LogP contribution in [0.15, 0.2) is 28.1 Å². The van der Waals surface area contributed by atoms with Crippen LogP contribution in [0.5, 0.6) is 5.75 Å². The van der Waals surface area contributed by atoms with Crippen molar-refractivity contribution in [3.63, 3.8) is 0 Å². The summed E-state index contributed by atoms with van der Waals surface area (Å²) in [5.74, 6) is -5.03. The molecule has 2 fully saturated rings. The Balaban J connectivity index is 1.69. The van der Waals surface area contributed by atoms with Crippen molar-refractivity contribution in [3.05, 3.63) is 34.5 Å². The third-order valence-corrected chi connectivity index (χ3v) is 7.30. The average Bonchev–Trinajstić information content (AvgIpc) is 3.32. The Bertz CT molecular complexity index is 1350. The van der Waals surface area contributed by atoms with Gasteiger partial charge in [-0.15, -0.1) is 0 Å². The summed E-state index contributed by atoms with van der Waals surface area (Å²) in [6.07, 6.45) is -4.84. The summed E-state index contributed by atoms with van der Waals surface area (Å²) in [5.41, 5.74) is 3.39. The van der Waals surface area contributed by atoms with Crippen LogP contribution in [0.1, 0.15) is 39.2 Å². The highest BCUT2D eigenvalue weighted by Crippen LogP contribution is 2.36. The van der Waals surface area contributed by atoms with E-state index in [1.54, 1.807) is 5.01 Å². The van der Waals surface area contributed by atoms with Gasteiger partial charge in [-0.25, -0.2) is 14.6 Å². The minimum atomic E-state index is -1.71. The highest BCUT2D eigenvalue weighted by Gasteiger charge is 2.56. The number of amides is 1. The van der Waals surface area contributed by atoms with E-state index in [0.717, 1.165) is 71.2 Å². The van der Waals surface area contributed by atoms with Gasteiger partial charge in [-0.2, -0.15) is 4.99 Å². The second-order valence-corrected chi connectivity index (χ2v) is 10.6. The number of carbonyl (C=O) groups is 5. The van der Waals surface area contributed by atoms with Crippen LogP contribution in [0.25, 0.3) is 6.08 Å². The van der Waals surface area contributed by atoms with Crippen molar-refractivity contribution in [2.24, 2.45) is 4.99 Å². The number of methoxy groups -OCH3 is 1. The first kappa shape index (κ1) is 31.9. The normalized spacial score (nSPS) is 26.4. The molecule has 0 radical (unpaired) electrons. The zero-order chi connectivity index (χ0) is 31.3. The molecule has 0 aliphatic carbocycles. The van der Waals surface area contributed by atoms with Gasteiger partial charge in [0.2, 0.25) is 12.4 Å². The molecular weight excluding hydrogens is 593 g/mol. The lowest BCUT2D eigenvalue weighted by Crippen LogP contribution is -2.64. The molecule has 43 heavy (non-hydrogen) atoms. The van der Waals surface area contributed by atoms with Crippen molar-refractivity contribution >= 4 is 52.8 Å². The number of amidine groups is 1. The number of halogens is 1. The fourth-order valence-corrected chi connectivity index (χ4v) is 5.45. The van der Waals surface area contributed by atoms with Crippen LogP contribution in [0.3, 0.4) is 0 Å². The van der Waals surface area contributed by atoms with Gasteiger partial charge in [0.25, 0.3) is 5.91 Å². The molecule has 14 nitrogen and oxygen atoms in total. The predicted molar refractivity (Wildman–Crippen MR) is 146 cm³/mol. The quantitative estimate of drug-likeness (QED) is 0.263. The Morgan fingerprint density at radius 3 is 2.35 bits per heavy atom. The number of thioether (sulfide) groups is 1. The van der Waals surface area contributed by atoms with Crippen LogP contribution in [0.4, 0.5) is 4.39 Å². The number of rotatable bonds is 7. The summed E-state index contributed by atoms with van der Waals surface area (Å²) >= 11 is 1.12. The summed E-state index contributed by atoms with van der Waals surface area (Å²) in [7, 11) is 1.05. The second-order valence-electron chi connectivity index (χ2n) is 9.55. The number of nitrogens with zero attached hydrogens (tertiary/aromatic N) is 2. The summed E-state index contributed by atoms with van der Waals surface area (Å²) in [6, 6.07) is 3.47. The largest absolute Gasteiger partial charge is 0.467 e. The van der Waals surface area contributed by atoms with E-state index in [2.05, 4.69) is 10.4 Å². The molecule has 1 N–H and O–H groups in total. The minimum absolute atomic E-state index is 0.177. The number of benzene rings is 1. The van der Waals surface area contributed by atoms with Gasteiger partial charge in [-0.05, 0) is 42.8 Å². The van der Waals surface area contributed by atoms with Gasteiger partial charge in [0.1, 0.15) is 11.6 Å². The van der Waals surface area contributed by atoms with E-state index in [9.17, 15) is 28.4 Å². The molecule has 1 amide bonds. The Hall–Kier alpha value is -4.02. The molecule has 3 aliphatic heterocycles. The second kappa shape index (κ2) is 14.0. The number of carbonyl (C=O) groups excluding carboxylic acids is 5. The molecule has 0 aromatic heterocycles. The summed E-state index contributed by atoms with van der Waals surface area (Å²) in [4.78, 5) is 65.8. The number of esters is 4. The highest BCUT2D eigenvalue weighted by molar-refractivity contribution is 8.18. The summed E-state index contributed by atoms with van der Waals surface area (Å²) in [5, 5.41) is 2.25. The molecule has 232 valence electrons. The van der Waals surface area contributed by atoms with E-state index in [1.807, 2.05) is 0 Å². The average molecular weight is 624 g/mol. The van der Waals surface area contributed by atoms with Crippen molar-refractivity contribution in [2.45, 2.75) is 64.3 Å². The maximum atomic E-state index is 14.5. The van der Waals surface area contributed by atoms with Crippen LogP contribution in [0.2, 0.25) is 0 Å². The Morgan fingerprint density at radius 1 is 1.05 bits per heavy atom. The van der Waals surface area contributed by atoms with Crippen LogP contribution in [0, 0.1) is 5.82 Å². The SMILES string of the molecule is COC(=O)C1OC(Oc2cc(F)ccc2C=C2SC(N3CCCCN3)=NC2=O)C(OC(C)=O)C(OC(C)=O)C1OC(C)=O. The van der Waals surface area contributed by atoms with E-state index in [4.69, 9.17) is 28.4 Å². The highest BCUT2D eigenvalue weighted by atomic mass is 32.2. The molecule has 16 heteroatoms. The van der Waals surface area contributed by atoms with Crippen molar-refractivity contribution in [2.75, 3.05) is 20.2 Å².